The molecule has 1 aliphatic rings. The number of ether oxygens (including phenoxy) is 1. The van der Waals surface area contributed by atoms with Gasteiger partial charge >= 0.3 is 0 Å². The molecule has 1 aromatic carbocycles. The predicted octanol–water partition coefficient (Wildman–Crippen LogP) is 1.47. The van der Waals surface area contributed by atoms with E-state index >= 15 is 0 Å². The molecule has 0 radical (unpaired) electrons. The van der Waals surface area contributed by atoms with Gasteiger partial charge in [-0.15, -0.1) is 0 Å². The van der Waals surface area contributed by atoms with Gasteiger partial charge in [0.2, 0.25) is 0 Å². The molecule has 1 fully saturated rings. The highest BCUT2D eigenvalue weighted by Crippen LogP contribution is 2.26. The van der Waals surface area contributed by atoms with Crippen molar-refractivity contribution >= 4 is 5.91 Å². The van der Waals surface area contributed by atoms with Crippen LogP contribution in [-0.4, -0.2) is 49.7 Å². The SMILES string of the molecule is CNCC1CCN(C(=O)c2cc(OC)ccc2O)CC1. The minimum atomic E-state index is -0.121. The molecule has 1 amide bonds. The third-order valence-electron chi connectivity index (χ3n) is 3.83. The zero-order valence-corrected chi connectivity index (χ0v) is 12.1. The van der Waals surface area contributed by atoms with Crippen molar-refractivity contribution in [2.24, 2.45) is 5.92 Å². The van der Waals surface area contributed by atoms with Crippen molar-refractivity contribution in [2.45, 2.75) is 12.8 Å². The van der Waals surface area contributed by atoms with Crippen LogP contribution in [0.5, 0.6) is 11.5 Å². The lowest BCUT2D eigenvalue weighted by Crippen LogP contribution is -2.40. The van der Waals surface area contributed by atoms with E-state index in [1.54, 1.807) is 24.1 Å². The number of carbonyl (C=O) groups excluding carboxylic acids is 1. The van der Waals surface area contributed by atoms with E-state index in [2.05, 4.69) is 5.32 Å². The largest absolute Gasteiger partial charge is 0.507 e. The second-order valence-corrected chi connectivity index (χ2v) is 5.18. The second-order valence-electron chi connectivity index (χ2n) is 5.18. The number of likely N-dealkylation sites (tertiary alicyclic amines) is 1. The van der Waals surface area contributed by atoms with Gasteiger partial charge in [-0.25, -0.2) is 0 Å². The number of hydrogen-bond donors (Lipinski definition) is 2. The number of carbonyl (C=O) groups is 1. The van der Waals surface area contributed by atoms with Gasteiger partial charge in [0.1, 0.15) is 11.5 Å². The first-order chi connectivity index (χ1) is 9.65. The highest BCUT2D eigenvalue weighted by Gasteiger charge is 2.25. The van der Waals surface area contributed by atoms with Crippen molar-refractivity contribution in [1.29, 1.82) is 0 Å². The minimum Gasteiger partial charge on any atom is -0.507 e. The van der Waals surface area contributed by atoms with Gasteiger partial charge in [0.05, 0.1) is 12.7 Å². The third kappa shape index (κ3) is 3.22. The number of piperidine rings is 1. The topological polar surface area (TPSA) is 61.8 Å². The maximum Gasteiger partial charge on any atom is 0.257 e. The molecule has 2 rings (SSSR count). The molecule has 0 aromatic heterocycles. The Kier molecular flexibility index (Phi) is 4.84. The zero-order chi connectivity index (χ0) is 14.5. The van der Waals surface area contributed by atoms with Crippen LogP contribution < -0.4 is 10.1 Å². The van der Waals surface area contributed by atoms with Gasteiger partial charge in [-0.05, 0) is 50.6 Å². The van der Waals surface area contributed by atoms with Gasteiger partial charge in [0, 0.05) is 13.1 Å². The number of methoxy groups -OCH3 is 1. The maximum absolute atomic E-state index is 12.4. The summed E-state index contributed by atoms with van der Waals surface area (Å²) in [4.78, 5) is 14.3. The van der Waals surface area contributed by atoms with E-state index in [0.29, 0.717) is 17.2 Å². The van der Waals surface area contributed by atoms with Crippen molar-refractivity contribution in [3.05, 3.63) is 23.8 Å². The van der Waals surface area contributed by atoms with Gasteiger partial charge in [-0.2, -0.15) is 0 Å². The van der Waals surface area contributed by atoms with Gasteiger partial charge in [-0.1, -0.05) is 0 Å². The molecule has 1 saturated heterocycles. The molecular weight excluding hydrogens is 256 g/mol. The first-order valence-electron chi connectivity index (χ1n) is 6.96. The molecule has 1 aromatic rings. The normalized spacial score (nSPS) is 16.2. The quantitative estimate of drug-likeness (QED) is 0.875. The Morgan fingerprint density at radius 2 is 2.15 bits per heavy atom. The average Bonchev–Trinajstić information content (AvgIpc) is 2.48. The monoisotopic (exact) mass is 278 g/mol. The van der Waals surface area contributed by atoms with Crippen molar-refractivity contribution in [3.63, 3.8) is 0 Å². The number of aromatic hydroxyl groups is 1. The van der Waals surface area contributed by atoms with E-state index in [-0.39, 0.29) is 11.7 Å². The second kappa shape index (κ2) is 6.61. The maximum atomic E-state index is 12.4. The molecule has 0 bridgehead atoms. The van der Waals surface area contributed by atoms with E-state index in [1.165, 1.54) is 6.07 Å². The number of rotatable bonds is 4. The summed E-state index contributed by atoms with van der Waals surface area (Å²) in [6, 6.07) is 4.74. The zero-order valence-electron chi connectivity index (χ0n) is 12.1. The van der Waals surface area contributed by atoms with E-state index in [0.717, 1.165) is 32.5 Å². The summed E-state index contributed by atoms with van der Waals surface area (Å²) >= 11 is 0. The lowest BCUT2D eigenvalue weighted by atomic mass is 9.96. The molecular formula is C15H22N2O3. The van der Waals surface area contributed by atoms with E-state index in [4.69, 9.17) is 4.74 Å². The summed E-state index contributed by atoms with van der Waals surface area (Å²) in [5.74, 6) is 1.09. The molecule has 0 spiro atoms. The fourth-order valence-corrected chi connectivity index (χ4v) is 2.61. The molecule has 2 N–H and O–H groups in total. The third-order valence-corrected chi connectivity index (χ3v) is 3.83. The molecule has 5 nitrogen and oxygen atoms in total. The number of nitrogens with zero attached hydrogens (tertiary/aromatic N) is 1. The number of nitrogens with one attached hydrogen (secondary N) is 1. The number of amides is 1. The Balaban J connectivity index is 2.05. The Labute approximate surface area is 119 Å². The van der Waals surface area contributed by atoms with Crippen molar-refractivity contribution in [1.82, 2.24) is 10.2 Å². The van der Waals surface area contributed by atoms with Crippen LogP contribution in [0.25, 0.3) is 0 Å². The predicted molar refractivity (Wildman–Crippen MR) is 77.2 cm³/mol. The smallest absolute Gasteiger partial charge is 0.257 e. The number of phenols is 1. The van der Waals surface area contributed by atoms with Crippen LogP contribution in [0, 0.1) is 5.92 Å². The molecule has 20 heavy (non-hydrogen) atoms. The lowest BCUT2D eigenvalue weighted by Gasteiger charge is -2.32. The number of benzene rings is 1. The van der Waals surface area contributed by atoms with Gasteiger partial charge in [0.15, 0.2) is 0 Å². The van der Waals surface area contributed by atoms with Crippen molar-refractivity contribution in [3.8, 4) is 11.5 Å². The number of phenolic OH excluding ortho intramolecular Hbond substituents is 1. The molecule has 110 valence electrons. The van der Waals surface area contributed by atoms with E-state index in [1.807, 2.05) is 7.05 Å². The molecule has 0 saturated carbocycles. The standard InChI is InChI=1S/C15H22N2O3/c1-16-10-11-5-7-17(8-6-11)15(19)13-9-12(20-2)3-4-14(13)18/h3-4,9,11,16,18H,5-8,10H2,1-2H3. The summed E-state index contributed by atoms with van der Waals surface area (Å²) < 4.78 is 5.11. The number of hydrogen-bond acceptors (Lipinski definition) is 4. The van der Waals surface area contributed by atoms with Crippen LogP contribution in [-0.2, 0) is 0 Å². The van der Waals surface area contributed by atoms with E-state index < -0.39 is 0 Å². The van der Waals surface area contributed by atoms with Crippen molar-refractivity contribution < 1.29 is 14.6 Å². The Hall–Kier alpha value is -1.75. The van der Waals surface area contributed by atoms with Crippen molar-refractivity contribution in [2.75, 3.05) is 33.8 Å². The van der Waals surface area contributed by atoms with Crippen LogP contribution in [0.3, 0.4) is 0 Å². The molecule has 1 aliphatic heterocycles. The van der Waals surface area contributed by atoms with Gasteiger partial charge in [0.25, 0.3) is 5.91 Å². The Bertz CT molecular complexity index is 468. The average molecular weight is 278 g/mol. The van der Waals surface area contributed by atoms with Crippen LogP contribution in [0.15, 0.2) is 18.2 Å². The Morgan fingerprint density at radius 3 is 2.75 bits per heavy atom. The van der Waals surface area contributed by atoms with Crippen LogP contribution in [0.1, 0.15) is 23.2 Å². The summed E-state index contributed by atoms with van der Waals surface area (Å²) in [6.07, 6.45) is 1.99. The van der Waals surface area contributed by atoms with Crippen LogP contribution >= 0.6 is 0 Å². The van der Waals surface area contributed by atoms with Gasteiger partial charge < -0.3 is 20.1 Å². The molecule has 5 heteroatoms. The molecule has 0 aliphatic carbocycles. The first-order valence-corrected chi connectivity index (χ1v) is 6.96. The van der Waals surface area contributed by atoms with Crippen LogP contribution in [0.2, 0.25) is 0 Å². The fraction of sp³-hybridized carbons (Fsp3) is 0.533. The minimum absolute atomic E-state index is 0.00754. The van der Waals surface area contributed by atoms with Gasteiger partial charge in [-0.3, -0.25) is 4.79 Å². The summed E-state index contributed by atoms with van der Waals surface area (Å²) in [5.41, 5.74) is 0.316. The molecule has 1 heterocycles. The van der Waals surface area contributed by atoms with E-state index in [9.17, 15) is 9.90 Å². The highest BCUT2D eigenvalue weighted by molar-refractivity contribution is 5.97. The summed E-state index contributed by atoms with van der Waals surface area (Å²) in [7, 11) is 3.50. The summed E-state index contributed by atoms with van der Waals surface area (Å²) in [6.45, 7) is 2.47. The fourth-order valence-electron chi connectivity index (χ4n) is 2.61. The summed E-state index contributed by atoms with van der Waals surface area (Å²) in [5, 5.41) is 13.0. The molecule has 0 unspecified atom stereocenters. The lowest BCUT2D eigenvalue weighted by molar-refractivity contribution is 0.0687. The highest BCUT2D eigenvalue weighted by atomic mass is 16.5. The molecule has 0 atom stereocenters. The first kappa shape index (κ1) is 14.7. The van der Waals surface area contributed by atoms with Crippen LogP contribution in [0.4, 0.5) is 0 Å². The Morgan fingerprint density at radius 1 is 1.45 bits per heavy atom.